The first-order valence-electron chi connectivity index (χ1n) is 6.24. The summed E-state index contributed by atoms with van der Waals surface area (Å²) in [6.07, 6.45) is 5.34. The average molecular weight is 318 g/mol. The Morgan fingerprint density at radius 2 is 2.12 bits per heavy atom. The maximum absolute atomic E-state index is 13.2. The van der Waals surface area contributed by atoms with Crippen molar-refractivity contribution in [3.8, 4) is 0 Å². The smallest absolute Gasteiger partial charge is 0.137 e. The molecule has 0 spiro atoms. The number of alkyl halides is 1. The molecule has 1 aromatic rings. The molecule has 2 bridgehead atoms. The van der Waals surface area contributed by atoms with Gasteiger partial charge >= 0.3 is 0 Å². The molecule has 2 aliphatic rings. The summed E-state index contributed by atoms with van der Waals surface area (Å²) in [5.41, 5.74) is 1.05. The van der Waals surface area contributed by atoms with E-state index in [0.717, 1.165) is 17.4 Å². The summed E-state index contributed by atoms with van der Waals surface area (Å²) in [6, 6.07) is 5.16. The van der Waals surface area contributed by atoms with Crippen molar-refractivity contribution in [1.82, 2.24) is 0 Å². The van der Waals surface area contributed by atoms with Crippen molar-refractivity contribution in [1.29, 1.82) is 0 Å². The molecular formula is C14H15BrClF. The maximum Gasteiger partial charge on any atom is 0.137 e. The van der Waals surface area contributed by atoms with Gasteiger partial charge in [-0.2, -0.15) is 0 Å². The van der Waals surface area contributed by atoms with Gasteiger partial charge < -0.3 is 0 Å². The third-order valence-corrected chi connectivity index (χ3v) is 5.61. The van der Waals surface area contributed by atoms with E-state index in [9.17, 15) is 4.39 Å². The summed E-state index contributed by atoms with van der Waals surface area (Å²) in [4.78, 5) is 0. The van der Waals surface area contributed by atoms with Crippen LogP contribution in [0.1, 0.15) is 36.6 Å². The fourth-order valence-corrected chi connectivity index (χ4v) is 4.42. The molecule has 0 radical (unpaired) electrons. The van der Waals surface area contributed by atoms with E-state index in [1.807, 2.05) is 12.1 Å². The van der Waals surface area contributed by atoms with Gasteiger partial charge in [-0.25, -0.2) is 4.39 Å². The van der Waals surface area contributed by atoms with E-state index in [-0.39, 0.29) is 11.2 Å². The predicted molar refractivity (Wildman–Crippen MR) is 71.6 cm³/mol. The normalized spacial score (nSPS) is 33.0. The molecule has 0 nitrogen and oxygen atoms in total. The van der Waals surface area contributed by atoms with Crippen LogP contribution in [0.5, 0.6) is 0 Å². The van der Waals surface area contributed by atoms with Crippen LogP contribution in [0.4, 0.5) is 4.39 Å². The molecule has 2 saturated carbocycles. The lowest BCUT2D eigenvalue weighted by molar-refractivity contribution is 0.323. The third kappa shape index (κ3) is 2.15. The molecule has 0 saturated heterocycles. The van der Waals surface area contributed by atoms with Crippen LogP contribution in [0.25, 0.3) is 0 Å². The van der Waals surface area contributed by atoms with Gasteiger partial charge in [-0.05, 0) is 70.6 Å². The first-order valence-corrected chi connectivity index (χ1v) is 7.47. The number of fused-ring (bicyclic) bond motifs is 2. The molecule has 17 heavy (non-hydrogen) atoms. The number of hydrogen-bond acceptors (Lipinski definition) is 0. The van der Waals surface area contributed by atoms with Crippen molar-refractivity contribution >= 4 is 27.5 Å². The van der Waals surface area contributed by atoms with E-state index in [1.165, 1.54) is 31.7 Å². The second-order valence-corrected chi connectivity index (χ2v) is 6.74. The van der Waals surface area contributed by atoms with Crippen LogP contribution in [-0.4, -0.2) is 0 Å². The Morgan fingerprint density at radius 1 is 1.29 bits per heavy atom. The zero-order valence-electron chi connectivity index (χ0n) is 9.50. The molecule has 0 amide bonds. The first kappa shape index (κ1) is 12.0. The molecular weight excluding hydrogens is 303 g/mol. The maximum atomic E-state index is 13.2. The van der Waals surface area contributed by atoms with E-state index in [1.54, 1.807) is 0 Å². The predicted octanol–water partition coefficient (Wildman–Crippen LogP) is 5.30. The van der Waals surface area contributed by atoms with Crippen LogP contribution in [0, 0.1) is 23.6 Å². The number of rotatable bonds is 2. The summed E-state index contributed by atoms with van der Waals surface area (Å²) in [5.74, 6) is 2.07. The van der Waals surface area contributed by atoms with E-state index in [2.05, 4.69) is 15.9 Å². The topological polar surface area (TPSA) is 0 Å². The number of halogens is 3. The first-order chi connectivity index (χ1) is 8.15. The molecule has 2 fully saturated rings. The Labute approximate surface area is 115 Å². The van der Waals surface area contributed by atoms with Gasteiger partial charge in [0.15, 0.2) is 0 Å². The van der Waals surface area contributed by atoms with Crippen molar-refractivity contribution in [3.05, 3.63) is 34.1 Å². The Bertz CT molecular complexity index is 434. The monoisotopic (exact) mass is 316 g/mol. The lowest BCUT2D eigenvalue weighted by Crippen LogP contribution is -2.15. The van der Waals surface area contributed by atoms with Gasteiger partial charge in [0, 0.05) is 0 Å². The minimum Gasteiger partial charge on any atom is -0.206 e. The Hall–Kier alpha value is -0.0800. The summed E-state index contributed by atoms with van der Waals surface area (Å²) >= 11 is 9.82. The Morgan fingerprint density at radius 3 is 2.71 bits per heavy atom. The molecule has 1 aromatic carbocycles. The van der Waals surface area contributed by atoms with Gasteiger partial charge in [0.1, 0.15) is 5.82 Å². The van der Waals surface area contributed by atoms with Gasteiger partial charge in [-0.15, -0.1) is 11.6 Å². The van der Waals surface area contributed by atoms with Gasteiger partial charge in [0.05, 0.1) is 9.85 Å². The highest BCUT2D eigenvalue weighted by Gasteiger charge is 2.42. The van der Waals surface area contributed by atoms with Crippen molar-refractivity contribution in [2.75, 3.05) is 0 Å². The quantitative estimate of drug-likeness (QED) is 0.649. The lowest BCUT2D eigenvalue weighted by Gasteiger charge is -2.26. The van der Waals surface area contributed by atoms with E-state index in [0.29, 0.717) is 10.4 Å². The molecule has 92 valence electrons. The van der Waals surface area contributed by atoms with Gasteiger partial charge in [0.2, 0.25) is 0 Å². The Kier molecular flexibility index (Phi) is 3.20. The standard InChI is InChI=1S/C14H15BrClF/c15-12-7-10(3-4-13(12)17)14(16)11-6-8-1-2-9(11)5-8/h3-4,7-9,11,14H,1-2,5-6H2. The van der Waals surface area contributed by atoms with Crippen LogP contribution in [0.2, 0.25) is 0 Å². The van der Waals surface area contributed by atoms with Gasteiger partial charge in [-0.1, -0.05) is 12.5 Å². The largest absolute Gasteiger partial charge is 0.206 e. The van der Waals surface area contributed by atoms with Crippen molar-refractivity contribution in [2.24, 2.45) is 17.8 Å². The van der Waals surface area contributed by atoms with Crippen molar-refractivity contribution < 1.29 is 4.39 Å². The van der Waals surface area contributed by atoms with Crippen LogP contribution in [0.15, 0.2) is 22.7 Å². The molecule has 3 rings (SSSR count). The molecule has 4 unspecified atom stereocenters. The molecule has 0 aromatic heterocycles. The fourth-order valence-electron chi connectivity index (χ4n) is 3.58. The second-order valence-electron chi connectivity index (χ2n) is 5.41. The van der Waals surface area contributed by atoms with Gasteiger partial charge in [-0.3, -0.25) is 0 Å². The second kappa shape index (κ2) is 4.55. The fraction of sp³-hybridized carbons (Fsp3) is 0.571. The average Bonchev–Trinajstić information content (AvgIpc) is 2.93. The number of benzene rings is 1. The SMILES string of the molecule is Fc1ccc(C(Cl)C2CC3CCC2C3)cc1Br. The molecule has 2 aliphatic carbocycles. The zero-order valence-corrected chi connectivity index (χ0v) is 11.8. The third-order valence-electron chi connectivity index (χ3n) is 4.43. The van der Waals surface area contributed by atoms with E-state index in [4.69, 9.17) is 11.6 Å². The van der Waals surface area contributed by atoms with Gasteiger partial charge in [0.25, 0.3) is 0 Å². The highest BCUT2D eigenvalue weighted by Crippen LogP contribution is 2.54. The summed E-state index contributed by atoms with van der Waals surface area (Å²) in [7, 11) is 0. The van der Waals surface area contributed by atoms with Crippen molar-refractivity contribution in [3.63, 3.8) is 0 Å². The summed E-state index contributed by atoms with van der Waals surface area (Å²) in [5, 5.41) is 0.0437. The molecule has 3 heteroatoms. The van der Waals surface area contributed by atoms with E-state index < -0.39 is 0 Å². The Balaban J connectivity index is 1.81. The highest BCUT2D eigenvalue weighted by molar-refractivity contribution is 9.10. The minimum absolute atomic E-state index is 0.0437. The summed E-state index contributed by atoms with van der Waals surface area (Å²) < 4.78 is 13.7. The lowest BCUT2D eigenvalue weighted by atomic mass is 9.84. The van der Waals surface area contributed by atoms with Crippen LogP contribution >= 0.6 is 27.5 Å². The minimum atomic E-state index is -0.217. The molecule has 0 heterocycles. The summed E-state index contributed by atoms with van der Waals surface area (Å²) in [6.45, 7) is 0. The van der Waals surface area contributed by atoms with Crippen LogP contribution < -0.4 is 0 Å². The van der Waals surface area contributed by atoms with E-state index >= 15 is 0 Å². The van der Waals surface area contributed by atoms with Crippen LogP contribution in [-0.2, 0) is 0 Å². The number of hydrogen-bond donors (Lipinski definition) is 0. The molecule has 0 aliphatic heterocycles. The molecule has 4 atom stereocenters. The zero-order chi connectivity index (χ0) is 12.0. The van der Waals surface area contributed by atoms with Crippen LogP contribution in [0.3, 0.4) is 0 Å². The van der Waals surface area contributed by atoms with Crippen molar-refractivity contribution in [2.45, 2.75) is 31.1 Å². The highest BCUT2D eigenvalue weighted by atomic mass is 79.9. The molecule has 0 N–H and O–H groups in total.